The van der Waals surface area contributed by atoms with Crippen LogP contribution in [-0.4, -0.2) is 66.4 Å². The first-order chi connectivity index (χ1) is 16.2. The average Bonchev–Trinajstić information content (AvgIpc) is 2.78. The van der Waals surface area contributed by atoms with Crippen molar-refractivity contribution in [3.63, 3.8) is 0 Å². The van der Waals surface area contributed by atoms with E-state index in [1.165, 1.54) is 24.6 Å². The Morgan fingerprint density at radius 3 is 2.44 bits per heavy atom. The van der Waals surface area contributed by atoms with Gasteiger partial charge in [0, 0.05) is 19.2 Å². The summed E-state index contributed by atoms with van der Waals surface area (Å²) in [5.74, 6) is -2.13. The van der Waals surface area contributed by atoms with E-state index in [1.54, 1.807) is 0 Å². The summed E-state index contributed by atoms with van der Waals surface area (Å²) in [4.78, 5) is 39.5. The molecule has 34 heavy (non-hydrogen) atoms. The third kappa shape index (κ3) is 11.8. The number of amides is 3. The number of aliphatic carboxylic acids is 1. The molecule has 0 aromatic heterocycles. The summed E-state index contributed by atoms with van der Waals surface area (Å²) in [5.41, 5.74) is 10.4. The van der Waals surface area contributed by atoms with Crippen molar-refractivity contribution in [1.82, 2.24) is 16.0 Å². The van der Waals surface area contributed by atoms with E-state index in [0.717, 1.165) is 32.1 Å². The van der Waals surface area contributed by atoms with Crippen molar-refractivity contribution in [3.05, 3.63) is 23.8 Å². The number of urea groups is 1. The van der Waals surface area contributed by atoms with Gasteiger partial charge in [0.05, 0.1) is 12.1 Å². The van der Waals surface area contributed by atoms with Gasteiger partial charge < -0.3 is 42.4 Å². The Labute approximate surface area is 199 Å². The van der Waals surface area contributed by atoms with E-state index in [1.807, 2.05) is 0 Å². The molecule has 0 heterocycles. The maximum Gasteiger partial charge on any atom is 0.328 e. The van der Waals surface area contributed by atoms with Gasteiger partial charge in [0.15, 0.2) is 5.96 Å². The molecule has 190 valence electrons. The van der Waals surface area contributed by atoms with Crippen LogP contribution in [0.1, 0.15) is 55.8 Å². The molecule has 0 saturated heterocycles. The van der Waals surface area contributed by atoms with Gasteiger partial charge in [0.2, 0.25) is 0 Å². The minimum absolute atomic E-state index is 0.0668. The highest BCUT2D eigenvalue weighted by atomic mass is 16.5. The van der Waals surface area contributed by atoms with Gasteiger partial charge >= 0.3 is 12.0 Å². The lowest BCUT2D eigenvalue weighted by atomic mass is 10.1. The number of ether oxygens (including phenoxy) is 1. The van der Waals surface area contributed by atoms with Gasteiger partial charge in [-0.05, 0) is 18.6 Å². The van der Waals surface area contributed by atoms with Gasteiger partial charge in [0.1, 0.15) is 24.1 Å². The predicted octanol–water partition coefficient (Wildman–Crippen LogP) is 0.887. The molecule has 1 atom stereocenters. The van der Waals surface area contributed by atoms with Crippen LogP contribution >= 0.6 is 0 Å². The fraction of sp³-hybridized carbons (Fsp3) is 0.545. The number of carbonyl (C=O) groups is 3. The number of unbranched alkanes of at least 4 members (excludes halogenated alkanes) is 5. The minimum Gasteiger partial charge on any atom is -0.507 e. The second-order valence-corrected chi connectivity index (χ2v) is 7.60. The Morgan fingerprint density at radius 2 is 1.79 bits per heavy atom. The number of aliphatic imine (C=N–C) groups is 1. The Hall–Kier alpha value is -3.70. The lowest BCUT2D eigenvalue weighted by Crippen LogP contribution is -2.51. The number of benzene rings is 1. The maximum atomic E-state index is 12.4. The molecule has 0 aliphatic carbocycles. The summed E-state index contributed by atoms with van der Waals surface area (Å²) in [6.45, 7) is 2.60. The summed E-state index contributed by atoms with van der Waals surface area (Å²) >= 11 is 0. The van der Waals surface area contributed by atoms with Crippen molar-refractivity contribution >= 4 is 23.9 Å². The molecule has 0 aliphatic heterocycles. The SMILES string of the molecule is CCCCCCCCNC(=O)N[C@@H](CNC(=O)c1ccc(OCCN=C(N)N)cc1O)C(=O)O. The van der Waals surface area contributed by atoms with E-state index in [-0.39, 0.29) is 37.0 Å². The highest BCUT2D eigenvalue weighted by Gasteiger charge is 2.22. The largest absolute Gasteiger partial charge is 0.507 e. The molecule has 0 radical (unpaired) electrons. The summed E-state index contributed by atoms with van der Waals surface area (Å²) in [6.07, 6.45) is 6.40. The summed E-state index contributed by atoms with van der Waals surface area (Å²) in [7, 11) is 0. The Kier molecular flexibility index (Phi) is 13.3. The van der Waals surface area contributed by atoms with Crippen LogP contribution in [0.5, 0.6) is 11.5 Å². The molecular weight excluding hydrogens is 444 g/mol. The van der Waals surface area contributed by atoms with Crippen LogP contribution in [0.2, 0.25) is 0 Å². The van der Waals surface area contributed by atoms with Crippen LogP contribution in [0, 0.1) is 0 Å². The van der Waals surface area contributed by atoms with Crippen LogP contribution in [0.4, 0.5) is 4.79 Å². The normalized spacial score (nSPS) is 11.2. The van der Waals surface area contributed by atoms with Gasteiger partial charge in [-0.3, -0.25) is 9.79 Å². The van der Waals surface area contributed by atoms with Gasteiger partial charge in [-0.1, -0.05) is 39.0 Å². The second kappa shape index (κ2) is 16.0. The van der Waals surface area contributed by atoms with Gasteiger partial charge in [-0.25, -0.2) is 9.59 Å². The third-order valence-corrected chi connectivity index (χ3v) is 4.75. The van der Waals surface area contributed by atoms with Gasteiger partial charge in [-0.2, -0.15) is 0 Å². The minimum atomic E-state index is -1.34. The lowest BCUT2D eigenvalue weighted by Gasteiger charge is -2.16. The van der Waals surface area contributed by atoms with E-state index >= 15 is 0 Å². The Bertz CT molecular complexity index is 828. The van der Waals surface area contributed by atoms with Crippen LogP contribution in [0.3, 0.4) is 0 Å². The molecule has 0 fully saturated rings. The topological polar surface area (TPSA) is 201 Å². The molecule has 12 heteroatoms. The number of nitrogens with one attached hydrogen (secondary N) is 3. The summed E-state index contributed by atoms with van der Waals surface area (Å²) < 4.78 is 5.37. The first-order valence-electron chi connectivity index (χ1n) is 11.3. The maximum absolute atomic E-state index is 12.4. The van der Waals surface area contributed by atoms with E-state index in [0.29, 0.717) is 12.3 Å². The standard InChI is InChI=1S/C22H36N6O6/c1-2-3-4-5-6-7-10-26-22(33)28-17(20(31)32)14-27-19(30)16-9-8-15(13-18(16)29)34-12-11-25-21(23)24/h8-9,13,17,29H,2-7,10-12,14H2,1H3,(H,27,30)(H,31,32)(H4,23,24,25)(H2,26,28,33)/t17-/m0/s1. The zero-order chi connectivity index (χ0) is 25.3. The van der Waals surface area contributed by atoms with Crippen LogP contribution in [0.15, 0.2) is 23.2 Å². The molecule has 9 N–H and O–H groups in total. The fourth-order valence-corrected chi connectivity index (χ4v) is 2.94. The van der Waals surface area contributed by atoms with Crippen molar-refractivity contribution in [2.24, 2.45) is 16.5 Å². The number of phenolic OH excluding ortho intramolecular Hbond substituents is 1. The summed E-state index contributed by atoms with van der Waals surface area (Å²) in [6, 6.07) is 2.07. The number of nitrogens with two attached hydrogens (primary N) is 2. The van der Waals surface area contributed by atoms with Crippen LogP contribution < -0.4 is 32.2 Å². The second-order valence-electron chi connectivity index (χ2n) is 7.60. The van der Waals surface area contributed by atoms with Crippen LogP contribution in [0.25, 0.3) is 0 Å². The Morgan fingerprint density at radius 1 is 1.09 bits per heavy atom. The number of carboxylic acids is 1. The molecule has 3 amide bonds. The number of aromatic hydroxyl groups is 1. The molecule has 12 nitrogen and oxygen atoms in total. The number of phenols is 1. The number of hydrogen-bond donors (Lipinski definition) is 7. The smallest absolute Gasteiger partial charge is 0.328 e. The number of carbonyl (C=O) groups excluding carboxylic acids is 2. The van der Waals surface area contributed by atoms with E-state index in [4.69, 9.17) is 16.2 Å². The van der Waals surface area contributed by atoms with Crippen LogP contribution in [-0.2, 0) is 4.79 Å². The van der Waals surface area contributed by atoms with E-state index in [9.17, 15) is 24.6 Å². The van der Waals surface area contributed by atoms with Gasteiger partial charge in [-0.15, -0.1) is 0 Å². The van der Waals surface area contributed by atoms with Crippen molar-refractivity contribution in [2.75, 3.05) is 26.2 Å². The van der Waals surface area contributed by atoms with Crippen molar-refractivity contribution in [2.45, 2.75) is 51.5 Å². The Balaban J connectivity index is 2.47. The first kappa shape index (κ1) is 28.3. The highest BCUT2D eigenvalue weighted by molar-refractivity contribution is 5.97. The zero-order valence-corrected chi connectivity index (χ0v) is 19.5. The quantitative estimate of drug-likeness (QED) is 0.103. The molecule has 0 bridgehead atoms. The molecule has 1 rings (SSSR count). The molecular formula is C22H36N6O6. The highest BCUT2D eigenvalue weighted by Crippen LogP contribution is 2.23. The number of rotatable bonds is 16. The van der Waals surface area contributed by atoms with E-state index < -0.39 is 23.9 Å². The zero-order valence-electron chi connectivity index (χ0n) is 19.5. The molecule has 0 aliphatic rings. The van der Waals surface area contributed by atoms with Crippen molar-refractivity contribution in [1.29, 1.82) is 0 Å². The number of guanidine groups is 1. The number of nitrogens with zero attached hydrogens (tertiary/aromatic N) is 1. The molecule has 0 unspecified atom stereocenters. The number of carboxylic acid groups (broad SMARTS) is 1. The summed E-state index contributed by atoms with van der Waals surface area (Å²) in [5, 5.41) is 26.8. The number of hydrogen-bond acceptors (Lipinski definition) is 6. The fourth-order valence-electron chi connectivity index (χ4n) is 2.94. The van der Waals surface area contributed by atoms with Crippen molar-refractivity contribution in [3.8, 4) is 11.5 Å². The third-order valence-electron chi connectivity index (χ3n) is 4.75. The molecule has 0 spiro atoms. The van der Waals surface area contributed by atoms with E-state index in [2.05, 4.69) is 27.9 Å². The molecule has 0 saturated carbocycles. The predicted molar refractivity (Wildman–Crippen MR) is 128 cm³/mol. The molecule has 1 aromatic rings. The monoisotopic (exact) mass is 480 g/mol. The molecule has 1 aromatic carbocycles. The average molecular weight is 481 g/mol. The first-order valence-corrected chi connectivity index (χ1v) is 11.3. The lowest BCUT2D eigenvalue weighted by molar-refractivity contribution is -0.139. The van der Waals surface area contributed by atoms with Gasteiger partial charge in [0.25, 0.3) is 5.91 Å². The van der Waals surface area contributed by atoms with Crippen molar-refractivity contribution < 1.29 is 29.3 Å².